The molecule has 2 amide bonds. The Morgan fingerprint density at radius 2 is 1.71 bits per heavy atom. The SMILES string of the molecule is CCc1ccc(OCC(=O)N(Cc2ccc(C)cc2)[C@@H](C)C(=O)N[C@@H](C)CC)c(Br)c1. The van der Waals surface area contributed by atoms with Crippen molar-refractivity contribution >= 4 is 27.7 Å². The predicted molar refractivity (Wildman–Crippen MR) is 128 cm³/mol. The van der Waals surface area contributed by atoms with Crippen molar-refractivity contribution in [1.29, 1.82) is 0 Å². The summed E-state index contributed by atoms with van der Waals surface area (Å²) in [6.07, 6.45) is 1.75. The van der Waals surface area contributed by atoms with Gasteiger partial charge in [-0.05, 0) is 72.8 Å². The number of nitrogens with zero attached hydrogens (tertiary/aromatic N) is 1. The van der Waals surface area contributed by atoms with Crippen molar-refractivity contribution in [2.45, 2.75) is 66.1 Å². The van der Waals surface area contributed by atoms with Gasteiger partial charge in [0.05, 0.1) is 4.47 Å². The van der Waals surface area contributed by atoms with Crippen molar-refractivity contribution in [1.82, 2.24) is 10.2 Å². The average molecular weight is 489 g/mol. The van der Waals surface area contributed by atoms with E-state index in [-0.39, 0.29) is 24.5 Å². The molecule has 31 heavy (non-hydrogen) atoms. The van der Waals surface area contributed by atoms with Crippen molar-refractivity contribution in [2.75, 3.05) is 6.61 Å². The van der Waals surface area contributed by atoms with Crippen LogP contribution < -0.4 is 10.1 Å². The van der Waals surface area contributed by atoms with E-state index in [9.17, 15) is 9.59 Å². The minimum atomic E-state index is -0.614. The Bertz CT molecular complexity index is 883. The highest BCUT2D eigenvalue weighted by Gasteiger charge is 2.27. The molecule has 5 nitrogen and oxygen atoms in total. The van der Waals surface area contributed by atoms with Gasteiger partial charge in [0, 0.05) is 12.6 Å². The topological polar surface area (TPSA) is 58.6 Å². The maximum atomic E-state index is 13.1. The zero-order valence-corrected chi connectivity index (χ0v) is 20.7. The number of rotatable bonds is 10. The molecule has 1 N–H and O–H groups in total. The lowest BCUT2D eigenvalue weighted by Gasteiger charge is -2.29. The molecule has 2 rings (SSSR count). The van der Waals surface area contributed by atoms with Crippen molar-refractivity contribution < 1.29 is 14.3 Å². The summed E-state index contributed by atoms with van der Waals surface area (Å²) < 4.78 is 6.61. The molecule has 2 aromatic rings. The molecule has 0 aromatic heterocycles. The van der Waals surface area contributed by atoms with Crippen LogP contribution in [0.25, 0.3) is 0 Å². The molecule has 2 aromatic carbocycles. The third-order valence-electron chi connectivity index (χ3n) is 5.40. The molecule has 0 saturated carbocycles. The molecule has 0 heterocycles. The summed E-state index contributed by atoms with van der Waals surface area (Å²) in [5, 5.41) is 2.97. The summed E-state index contributed by atoms with van der Waals surface area (Å²) in [5.41, 5.74) is 3.30. The second-order valence-electron chi connectivity index (χ2n) is 7.91. The molecule has 2 atom stereocenters. The van der Waals surface area contributed by atoms with E-state index in [1.807, 2.05) is 63.2 Å². The molecular weight excluding hydrogens is 456 g/mol. The number of amides is 2. The number of carbonyl (C=O) groups excluding carboxylic acids is 2. The van der Waals surface area contributed by atoms with E-state index in [1.54, 1.807) is 11.8 Å². The number of ether oxygens (including phenoxy) is 1. The molecule has 0 radical (unpaired) electrons. The second-order valence-corrected chi connectivity index (χ2v) is 8.76. The zero-order valence-electron chi connectivity index (χ0n) is 19.1. The van der Waals surface area contributed by atoms with Crippen LogP contribution >= 0.6 is 15.9 Å². The normalized spacial score (nSPS) is 12.7. The lowest BCUT2D eigenvalue weighted by Crippen LogP contribution is -2.50. The Balaban J connectivity index is 2.16. The van der Waals surface area contributed by atoms with E-state index in [0.717, 1.165) is 28.4 Å². The van der Waals surface area contributed by atoms with Gasteiger partial charge in [-0.15, -0.1) is 0 Å². The number of hydrogen-bond acceptors (Lipinski definition) is 3. The first-order valence-electron chi connectivity index (χ1n) is 10.8. The smallest absolute Gasteiger partial charge is 0.261 e. The van der Waals surface area contributed by atoms with Crippen molar-refractivity contribution in [2.24, 2.45) is 0 Å². The van der Waals surface area contributed by atoms with Gasteiger partial charge < -0.3 is 15.0 Å². The van der Waals surface area contributed by atoms with Crippen LogP contribution in [0.4, 0.5) is 0 Å². The minimum Gasteiger partial charge on any atom is -0.483 e. The lowest BCUT2D eigenvalue weighted by molar-refractivity contribution is -0.142. The molecule has 6 heteroatoms. The van der Waals surface area contributed by atoms with Crippen LogP contribution in [0.1, 0.15) is 50.8 Å². The third-order valence-corrected chi connectivity index (χ3v) is 6.02. The number of carbonyl (C=O) groups is 2. The van der Waals surface area contributed by atoms with Crippen LogP contribution in [-0.2, 0) is 22.6 Å². The van der Waals surface area contributed by atoms with Gasteiger partial charge in [0.25, 0.3) is 5.91 Å². The summed E-state index contributed by atoms with van der Waals surface area (Å²) in [5.74, 6) is 0.208. The Hall–Kier alpha value is -2.34. The molecule has 168 valence electrons. The van der Waals surface area contributed by atoms with Crippen LogP contribution in [0, 0.1) is 6.92 Å². The van der Waals surface area contributed by atoms with E-state index >= 15 is 0 Å². The number of benzene rings is 2. The Morgan fingerprint density at radius 3 is 2.29 bits per heavy atom. The molecular formula is C25H33BrN2O3. The summed E-state index contributed by atoms with van der Waals surface area (Å²) >= 11 is 3.51. The van der Waals surface area contributed by atoms with Gasteiger partial charge in [0.1, 0.15) is 11.8 Å². The van der Waals surface area contributed by atoms with E-state index in [1.165, 1.54) is 5.56 Å². The molecule has 0 bridgehead atoms. The van der Waals surface area contributed by atoms with Crippen LogP contribution in [0.5, 0.6) is 5.75 Å². The van der Waals surface area contributed by atoms with E-state index in [0.29, 0.717) is 12.3 Å². The van der Waals surface area contributed by atoms with E-state index in [4.69, 9.17) is 4.74 Å². The quantitative estimate of drug-likeness (QED) is 0.509. The standard InChI is InChI=1S/C25H33BrN2O3/c1-6-18(4)27-25(30)19(5)28(15-21-10-8-17(3)9-11-21)24(29)16-31-23-13-12-20(7-2)14-22(23)26/h8-14,18-19H,6-7,15-16H2,1-5H3,(H,27,30)/t18-,19-/m0/s1. The summed E-state index contributed by atoms with van der Waals surface area (Å²) in [6, 6.07) is 13.2. The molecule has 0 aliphatic carbocycles. The first kappa shape index (κ1) is 24.9. The van der Waals surface area contributed by atoms with Gasteiger partial charge in [-0.2, -0.15) is 0 Å². The van der Waals surface area contributed by atoms with Crippen LogP contribution in [0.3, 0.4) is 0 Å². The minimum absolute atomic E-state index is 0.0514. The second kappa shape index (κ2) is 11.9. The van der Waals surface area contributed by atoms with Gasteiger partial charge in [-0.3, -0.25) is 9.59 Å². The van der Waals surface area contributed by atoms with E-state index < -0.39 is 6.04 Å². The molecule has 0 spiro atoms. The number of aryl methyl sites for hydroxylation is 2. The number of hydrogen-bond donors (Lipinski definition) is 1. The maximum Gasteiger partial charge on any atom is 0.261 e. The van der Waals surface area contributed by atoms with E-state index in [2.05, 4.69) is 28.2 Å². The Kier molecular flexibility index (Phi) is 9.56. The van der Waals surface area contributed by atoms with Gasteiger partial charge in [0.15, 0.2) is 6.61 Å². The van der Waals surface area contributed by atoms with Crippen LogP contribution in [-0.4, -0.2) is 35.4 Å². The molecule has 0 unspecified atom stereocenters. The Morgan fingerprint density at radius 1 is 1.06 bits per heavy atom. The zero-order chi connectivity index (χ0) is 23.0. The average Bonchev–Trinajstić information content (AvgIpc) is 2.76. The Labute approximate surface area is 194 Å². The van der Waals surface area contributed by atoms with Crippen molar-refractivity contribution in [3.8, 4) is 5.75 Å². The maximum absolute atomic E-state index is 13.1. The molecule has 0 fully saturated rings. The largest absolute Gasteiger partial charge is 0.483 e. The first-order valence-corrected chi connectivity index (χ1v) is 11.6. The predicted octanol–water partition coefficient (Wildman–Crippen LogP) is 5.03. The molecule has 0 aliphatic rings. The highest BCUT2D eigenvalue weighted by Crippen LogP contribution is 2.26. The summed E-state index contributed by atoms with van der Waals surface area (Å²) in [6.45, 7) is 10.0. The van der Waals surface area contributed by atoms with Crippen LogP contribution in [0.15, 0.2) is 46.9 Å². The van der Waals surface area contributed by atoms with Crippen molar-refractivity contribution in [3.63, 3.8) is 0 Å². The van der Waals surface area contributed by atoms with Gasteiger partial charge >= 0.3 is 0 Å². The lowest BCUT2D eigenvalue weighted by atomic mass is 10.1. The third kappa shape index (κ3) is 7.39. The van der Waals surface area contributed by atoms with Gasteiger partial charge in [0.2, 0.25) is 5.91 Å². The fourth-order valence-corrected chi connectivity index (χ4v) is 3.58. The highest BCUT2D eigenvalue weighted by molar-refractivity contribution is 9.10. The summed E-state index contributed by atoms with van der Waals surface area (Å²) in [4.78, 5) is 27.5. The van der Waals surface area contributed by atoms with Gasteiger partial charge in [-0.1, -0.05) is 49.7 Å². The number of nitrogens with one attached hydrogen (secondary N) is 1. The highest BCUT2D eigenvalue weighted by atomic mass is 79.9. The molecule has 0 aliphatic heterocycles. The van der Waals surface area contributed by atoms with Crippen molar-refractivity contribution in [3.05, 3.63) is 63.6 Å². The first-order chi connectivity index (χ1) is 14.7. The van der Waals surface area contributed by atoms with Gasteiger partial charge in [-0.25, -0.2) is 0 Å². The summed E-state index contributed by atoms with van der Waals surface area (Å²) in [7, 11) is 0. The fraction of sp³-hybridized carbons (Fsp3) is 0.440. The van der Waals surface area contributed by atoms with Crippen LogP contribution in [0.2, 0.25) is 0 Å². The monoisotopic (exact) mass is 488 g/mol. The number of halogens is 1. The fourth-order valence-electron chi connectivity index (χ4n) is 3.04. The molecule has 0 saturated heterocycles.